The van der Waals surface area contributed by atoms with Crippen molar-refractivity contribution >= 4 is 39.5 Å². The van der Waals surface area contributed by atoms with Crippen LogP contribution in [0.3, 0.4) is 0 Å². The molecule has 0 amide bonds. The first-order chi connectivity index (χ1) is 43.0. The molecule has 0 aromatic heterocycles. The highest BCUT2D eigenvalue weighted by molar-refractivity contribution is 7.47. The first-order valence-corrected chi connectivity index (χ1v) is 39.6. The molecule has 0 aromatic carbocycles. The predicted octanol–water partition coefficient (Wildman–Crippen LogP) is 20.1. The standard InChI is InChI=1S/C70H136O17P2/c1-6-9-12-15-17-19-21-23-24-25-26-27-28-29-30-31-33-35-37-39-45-50-55-69(74)86-66(60-81-68(73)54-49-44-38-36-34-32-22-20-18-16-13-10-7-2)62-85-89(78,79)83-58-64(71)57-82-88(76,77)84-61-65(59-80-67(72)53-48-42-14-11-8-3)87-70(75)56-51-46-41-40-43-47-52-63(4)5/h63-66,71H,6-62H2,1-5H3,(H,76,77)(H,78,79)/t64-,65+,66+/m0/s1. The van der Waals surface area contributed by atoms with Gasteiger partial charge in [0.2, 0.25) is 0 Å². The summed E-state index contributed by atoms with van der Waals surface area (Å²) in [7, 11) is -9.89. The number of hydrogen-bond acceptors (Lipinski definition) is 15. The number of unbranched alkanes of at least 4 members (excludes halogenated alkanes) is 42. The van der Waals surface area contributed by atoms with Gasteiger partial charge in [0.1, 0.15) is 19.3 Å². The van der Waals surface area contributed by atoms with Crippen LogP contribution >= 0.6 is 15.6 Å². The maximum atomic E-state index is 13.0. The molecule has 0 aliphatic carbocycles. The van der Waals surface area contributed by atoms with Gasteiger partial charge in [0.25, 0.3) is 0 Å². The molecule has 528 valence electrons. The maximum Gasteiger partial charge on any atom is 0.472 e. The SMILES string of the molecule is CCCCCCCCCCCCCCCCCCCCCCCCC(=O)O[C@H](COC(=O)CCCCCCCCCCCCCCC)COP(=O)(O)OC[C@@H](O)COP(=O)(O)OC[C@@H](COC(=O)CCCCCCC)OC(=O)CCCCCCCCC(C)C. The van der Waals surface area contributed by atoms with Gasteiger partial charge in [-0.15, -0.1) is 0 Å². The van der Waals surface area contributed by atoms with Crippen LogP contribution in [0.2, 0.25) is 0 Å². The van der Waals surface area contributed by atoms with E-state index < -0.39 is 97.5 Å². The summed E-state index contributed by atoms with van der Waals surface area (Å²) in [6.07, 6.45) is 50.8. The Balaban J connectivity index is 5.08. The van der Waals surface area contributed by atoms with E-state index in [1.54, 1.807) is 0 Å². The van der Waals surface area contributed by atoms with Gasteiger partial charge in [-0.25, -0.2) is 9.13 Å². The van der Waals surface area contributed by atoms with Crippen molar-refractivity contribution in [3.8, 4) is 0 Å². The number of phosphoric acid groups is 2. The predicted molar refractivity (Wildman–Crippen MR) is 358 cm³/mol. The van der Waals surface area contributed by atoms with Crippen LogP contribution in [0.4, 0.5) is 0 Å². The molecule has 89 heavy (non-hydrogen) atoms. The van der Waals surface area contributed by atoms with Crippen molar-refractivity contribution in [3.63, 3.8) is 0 Å². The number of aliphatic hydroxyl groups excluding tert-OH is 1. The van der Waals surface area contributed by atoms with Gasteiger partial charge < -0.3 is 33.8 Å². The van der Waals surface area contributed by atoms with E-state index in [9.17, 15) is 43.2 Å². The first-order valence-electron chi connectivity index (χ1n) is 36.6. The number of carbonyl (C=O) groups excluding carboxylic acids is 4. The zero-order chi connectivity index (χ0) is 65.6. The fourth-order valence-electron chi connectivity index (χ4n) is 10.6. The topological polar surface area (TPSA) is 237 Å². The fourth-order valence-corrected chi connectivity index (χ4v) is 12.2. The van der Waals surface area contributed by atoms with Gasteiger partial charge in [0, 0.05) is 25.7 Å². The van der Waals surface area contributed by atoms with Crippen LogP contribution in [0, 0.1) is 5.92 Å². The van der Waals surface area contributed by atoms with E-state index >= 15 is 0 Å². The molecule has 2 unspecified atom stereocenters. The van der Waals surface area contributed by atoms with E-state index in [0.29, 0.717) is 31.6 Å². The molecule has 19 heteroatoms. The Morgan fingerprint density at radius 2 is 0.517 bits per heavy atom. The fraction of sp³-hybridized carbons (Fsp3) is 0.943. The Hall–Kier alpha value is -1.94. The molecule has 0 spiro atoms. The number of ether oxygens (including phenoxy) is 4. The summed E-state index contributed by atoms with van der Waals surface area (Å²) in [5, 5.41) is 10.5. The Morgan fingerprint density at radius 3 is 0.764 bits per heavy atom. The van der Waals surface area contributed by atoms with E-state index in [0.717, 1.165) is 96.3 Å². The summed E-state index contributed by atoms with van der Waals surface area (Å²) in [5.41, 5.74) is 0. The third-order valence-corrected chi connectivity index (χ3v) is 18.2. The van der Waals surface area contributed by atoms with Gasteiger partial charge in [-0.2, -0.15) is 0 Å². The van der Waals surface area contributed by atoms with Gasteiger partial charge in [0.05, 0.1) is 26.4 Å². The third-order valence-electron chi connectivity index (χ3n) is 16.3. The molecule has 0 aliphatic rings. The number of hydrogen-bond donors (Lipinski definition) is 3. The number of aliphatic hydroxyl groups is 1. The summed E-state index contributed by atoms with van der Waals surface area (Å²) < 4.78 is 68.0. The number of carbonyl (C=O) groups is 4. The summed E-state index contributed by atoms with van der Waals surface area (Å²) in [4.78, 5) is 72.1. The molecule has 17 nitrogen and oxygen atoms in total. The minimum atomic E-state index is -4.95. The largest absolute Gasteiger partial charge is 0.472 e. The van der Waals surface area contributed by atoms with Crippen LogP contribution < -0.4 is 0 Å². The van der Waals surface area contributed by atoms with Crippen LogP contribution in [-0.2, 0) is 65.4 Å². The van der Waals surface area contributed by atoms with Crippen LogP contribution in [0.5, 0.6) is 0 Å². The monoisotopic (exact) mass is 1310 g/mol. The third kappa shape index (κ3) is 64.6. The van der Waals surface area contributed by atoms with Crippen molar-refractivity contribution in [2.45, 2.75) is 380 Å². The highest BCUT2D eigenvalue weighted by atomic mass is 31.2. The van der Waals surface area contributed by atoms with Gasteiger partial charge in [-0.3, -0.25) is 37.3 Å². The number of esters is 4. The van der Waals surface area contributed by atoms with E-state index in [4.69, 9.17) is 37.0 Å². The van der Waals surface area contributed by atoms with E-state index in [1.807, 2.05) is 0 Å². The highest BCUT2D eigenvalue weighted by Crippen LogP contribution is 2.45. The average molecular weight is 1310 g/mol. The molecule has 0 saturated heterocycles. The Kier molecular flexibility index (Phi) is 62.1. The van der Waals surface area contributed by atoms with Crippen molar-refractivity contribution in [1.29, 1.82) is 0 Å². The lowest BCUT2D eigenvalue weighted by Gasteiger charge is -2.21. The van der Waals surface area contributed by atoms with Crippen LogP contribution in [0.25, 0.3) is 0 Å². The maximum absolute atomic E-state index is 13.0. The zero-order valence-corrected chi connectivity index (χ0v) is 59.4. The van der Waals surface area contributed by atoms with Crippen molar-refractivity contribution < 1.29 is 80.2 Å². The smallest absolute Gasteiger partial charge is 0.462 e. The molecule has 0 rings (SSSR count). The van der Waals surface area contributed by atoms with Crippen LogP contribution in [0.15, 0.2) is 0 Å². The van der Waals surface area contributed by atoms with Gasteiger partial charge in [0.15, 0.2) is 12.2 Å². The minimum Gasteiger partial charge on any atom is -0.462 e. The van der Waals surface area contributed by atoms with Crippen molar-refractivity contribution in [1.82, 2.24) is 0 Å². The Bertz CT molecular complexity index is 1720. The Morgan fingerprint density at radius 1 is 0.303 bits per heavy atom. The van der Waals surface area contributed by atoms with E-state index in [2.05, 4.69) is 34.6 Å². The lowest BCUT2D eigenvalue weighted by Crippen LogP contribution is -2.30. The summed E-state index contributed by atoms with van der Waals surface area (Å²) in [6.45, 7) is 7.05. The minimum absolute atomic E-state index is 0.101. The molecule has 5 atom stereocenters. The molecule has 0 heterocycles. The van der Waals surface area contributed by atoms with Gasteiger partial charge in [-0.1, -0.05) is 311 Å². The van der Waals surface area contributed by atoms with Crippen molar-refractivity contribution in [3.05, 3.63) is 0 Å². The van der Waals surface area contributed by atoms with Crippen LogP contribution in [0.1, 0.15) is 362 Å². The lowest BCUT2D eigenvalue weighted by molar-refractivity contribution is -0.161. The van der Waals surface area contributed by atoms with Gasteiger partial charge in [-0.05, 0) is 31.6 Å². The second-order valence-corrected chi connectivity index (χ2v) is 28.7. The highest BCUT2D eigenvalue weighted by Gasteiger charge is 2.30. The van der Waals surface area contributed by atoms with Crippen molar-refractivity contribution in [2.24, 2.45) is 5.92 Å². The first kappa shape index (κ1) is 87.1. The second-order valence-electron chi connectivity index (χ2n) is 25.7. The zero-order valence-electron chi connectivity index (χ0n) is 57.6. The summed E-state index contributed by atoms with van der Waals surface area (Å²) in [5.74, 6) is -1.47. The summed E-state index contributed by atoms with van der Waals surface area (Å²) >= 11 is 0. The molecule has 0 aliphatic heterocycles. The van der Waals surface area contributed by atoms with Crippen LogP contribution in [-0.4, -0.2) is 96.7 Å². The molecule has 0 fully saturated rings. The quantitative estimate of drug-likeness (QED) is 0.0222. The molecule has 0 aromatic rings. The van der Waals surface area contributed by atoms with E-state index in [1.165, 1.54) is 180 Å². The number of phosphoric ester groups is 2. The molecule has 3 N–H and O–H groups in total. The molecule has 0 saturated carbocycles. The van der Waals surface area contributed by atoms with E-state index in [-0.39, 0.29) is 25.7 Å². The lowest BCUT2D eigenvalue weighted by atomic mass is 10.0. The molecular weight excluding hydrogens is 1170 g/mol. The average Bonchev–Trinajstić information content (AvgIpc) is 3.72. The second kappa shape index (κ2) is 63.5. The summed E-state index contributed by atoms with van der Waals surface area (Å²) in [6, 6.07) is 0. The number of rotatable bonds is 70. The van der Waals surface area contributed by atoms with Gasteiger partial charge >= 0.3 is 39.5 Å². The van der Waals surface area contributed by atoms with Crippen molar-refractivity contribution in [2.75, 3.05) is 39.6 Å². The normalized spacial score (nSPS) is 14.1. The molecule has 0 bridgehead atoms. The molecular formula is C70H136O17P2. The molecule has 0 radical (unpaired) electrons. The Labute approximate surface area is 543 Å².